The van der Waals surface area contributed by atoms with Gasteiger partial charge in [0.15, 0.2) is 0 Å². The predicted molar refractivity (Wildman–Crippen MR) is 105 cm³/mol. The molecule has 25 heavy (non-hydrogen) atoms. The van der Waals surface area contributed by atoms with Crippen LogP contribution in [0.3, 0.4) is 0 Å². The lowest BCUT2D eigenvalue weighted by molar-refractivity contribution is 0.0739. The van der Waals surface area contributed by atoms with E-state index in [-0.39, 0.29) is 11.9 Å². The summed E-state index contributed by atoms with van der Waals surface area (Å²) in [5.41, 5.74) is 1.54. The second-order valence-electron chi connectivity index (χ2n) is 5.68. The molecular formula is C19H20N2O2S2. The minimum Gasteiger partial charge on any atom is -0.496 e. The molecule has 1 aromatic heterocycles. The van der Waals surface area contributed by atoms with Gasteiger partial charge < -0.3 is 9.64 Å². The standard InChI is InChI=1S/C19H20N2O2S2/c1-12(18-20-15-7-5-6-8-17(15)25-18)21(2)19(22)14-10-9-13(24-4)11-16(14)23-3/h5-12H,1-4H3/t12-/m0/s1. The van der Waals surface area contributed by atoms with E-state index < -0.39 is 0 Å². The Hall–Kier alpha value is -2.05. The first kappa shape index (κ1) is 17.8. The first-order chi connectivity index (χ1) is 12.0. The van der Waals surface area contributed by atoms with Crippen molar-refractivity contribution in [1.29, 1.82) is 0 Å². The van der Waals surface area contributed by atoms with Crippen LogP contribution >= 0.6 is 23.1 Å². The first-order valence-corrected chi connectivity index (χ1v) is 9.94. The van der Waals surface area contributed by atoms with E-state index in [0.29, 0.717) is 11.3 Å². The van der Waals surface area contributed by atoms with Crippen LogP contribution in [0.25, 0.3) is 10.2 Å². The zero-order valence-corrected chi connectivity index (χ0v) is 16.3. The number of ether oxygens (including phenoxy) is 1. The fourth-order valence-electron chi connectivity index (χ4n) is 2.58. The Morgan fingerprint density at radius 1 is 1.28 bits per heavy atom. The largest absolute Gasteiger partial charge is 0.496 e. The van der Waals surface area contributed by atoms with Gasteiger partial charge in [0, 0.05) is 11.9 Å². The maximum absolute atomic E-state index is 13.0. The highest BCUT2D eigenvalue weighted by Gasteiger charge is 2.24. The third-order valence-corrected chi connectivity index (χ3v) is 6.14. The van der Waals surface area contributed by atoms with Crippen molar-refractivity contribution in [2.45, 2.75) is 17.9 Å². The number of hydrogen-bond acceptors (Lipinski definition) is 5. The smallest absolute Gasteiger partial charge is 0.257 e. The number of carbonyl (C=O) groups is 1. The van der Waals surface area contributed by atoms with E-state index in [1.54, 1.807) is 42.2 Å². The van der Waals surface area contributed by atoms with E-state index >= 15 is 0 Å². The third-order valence-electron chi connectivity index (χ3n) is 4.21. The van der Waals surface area contributed by atoms with Gasteiger partial charge in [0.05, 0.1) is 28.9 Å². The molecule has 0 aliphatic heterocycles. The number of aromatic nitrogens is 1. The average Bonchev–Trinajstić information content (AvgIpc) is 3.09. The number of hydrogen-bond donors (Lipinski definition) is 0. The Morgan fingerprint density at radius 2 is 2.04 bits per heavy atom. The molecule has 4 nitrogen and oxygen atoms in total. The predicted octanol–water partition coefficient (Wildman–Crippen LogP) is 4.86. The average molecular weight is 373 g/mol. The fraction of sp³-hybridized carbons (Fsp3) is 0.263. The molecule has 0 N–H and O–H groups in total. The van der Waals surface area contributed by atoms with Crippen molar-refractivity contribution in [2.24, 2.45) is 0 Å². The van der Waals surface area contributed by atoms with Gasteiger partial charge in [0.1, 0.15) is 10.8 Å². The molecule has 130 valence electrons. The quantitative estimate of drug-likeness (QED) is 0.600. The number of nitrogens with zero attached hydrogens (tertiary/aromatic N) is 2. The monoisotopic (exact) mass is 372 g/mol. The van der Waals surface area contributed by atoms with Crippen LogP contribution in [0.4, 0.5) is 0 Å². The molecule has 0 saturated heterocycles. The highest BCUT2D eigenvalue weighted by molar-refractivity contribution is 7.98. The lowest BCUT2D eigenvalue weighted by atomic mass is 10.1. The summed E-state index contributed by atoms with van der Waals surface area (Å²) >= 11 is 3.24. The van der Waals surface area contributed by atoms with Gasteiger partial charge >= 0.3 is 0 Å². The summed E-state index contributed by atoms with van der Waals surface area (Å²) in [6.45, 7) is 2.00. The highest BCUT2D eigenvalue weighted by Crippen LogP contribution is 2.31. The van der Waals surface area contributed by atoms with Crippen LogP contribution in [-0.2, 0) is 0 Å². The third kappa shape index (κ3) is 3.50. The number of fused-ring (bicyclic) bond motifs is 1. The van der Waals surface area contributed by atoms with Crippen LogP contribution < -0.4 is 4.74 Å². The molecule has 0 aliphatic carbocycles. The number of para-hydroxylation sites is 1. The van der Waals surface area contributed by atoms with Gasteiger partial charge in [0.2, 0.25) is 0 Å². The SMILES string of the molecule is COc1cc(SC)ccc1C(=O)N(C)[C@@H](C)c1nc2ccccc2s1. The van der Waals surface area contributed by atoms with Crippen LogP contribution in [-0.4, -0.2) is 36.2 Å². The van der Waals surface area contributed by atoms with Gasteiger partial charge in [-0.15, -0.1) is 23.1 Å². The van der Waals surface area contributed by atoms with Crippen LogP contribution in [0.2, 0.25) is 0 Å². The summed E-state index contributed by atoms with van der Waals surface area (Å²) < 4.78 is 6.55. The molecule has 0 radical (unpaired) electrons. The molecule has 3 rings (SSSR count). The van der Waals surface area contributed by atoms with Crippen LogP contribution in [0.15, 0.2) is 47.4 Å². The summed E-state index contributed by atoms with van der Waals surface area (Å²) in [5.74, 6) is 0.524. The number of amides is 1. The second-order valence-corrected chi connectivity index (χ2v) is 7.62. The molecule has 0 fully saturated rings. The van der Waals surface area contributed by atoms with Gasteiger partial charge in [-0.25, -0.2) is 4.98 Å². The van der Waals surface area contributed by atoms with Gasteiger partial charge in [-0.05, 0) is 43.5 Å². The molecule has 1 atom stereocenters. The minimum atomic E-state index is -0.116. The molecule has 2 aromatic carbocycles. The number of thiazole rings is 1. The number of benzene rings is 2. The second kappa shape index (κ2) is 7.45. The number of thioether (sulfide) groups is 1. The molecule has 3 aromatic rings. The van der Waals surface area contributed by atoms with Crippen molar-refractivity contribution >= 4 is 39.2 Å². The molecule has 0 spiro atoms. The zero-order chi connectivity index (χ0) is 18.0. The molecule has 1 heterocycles. The van der Waals surface area contributed by atoms with Gasteiger partial charge in [-0.1, -0.05) is 12.1 Å². The van der Waals surface area contributed by atoms with E-state index in [1.807, 2.05) is 49.6 Å². The maximum Gasteiger partial charge on any atom is 0.257 e. The lowest BCUT2D eigenvalue weighted by Gasteiger charge is -2.24. The summed E-state index contributed by atoms with van der Waals surface area (Å²) in [4.78, 5) is 20.4. The summed E-state index contributed by atoms with van der Waals surface area (Å²) in [6.07, 6.45) is 2.00. The van der Waals surface area contributed by atoms with Crippen molar-refractivity contribution < 1.29 is 9.53 Å². The van der Waals surface area contributed by atoms with E-state index in [9.17, 15) is 4.79 Å². The number of rotatable bonds is 5. The molecule has 6 heteroatoms. The normalized spacial score (nSPS) is 12.2. The molecule has 1 amide bonds. The molecule has 0 unspecified atom stereocenters. The summed E-state index contributed by atoms with van der Waals surface area (Å²) in [6, 6.07) is 13.6. The van der Waals surface area contributed by atoms with Crippen molar-refractivity contribution in [3.8, 4) is 5.75 Å². The number of methoxy groups -OCH3 is 1. The highest BCUT2D eigenvalue weighted by atomic mass is 32.2. The van der Waals surface area contributed by atoms with Crippen molar-refractivity contribution in [3.63, 3.8) is 0 Å². The summed E-state index contributed by atoms with van der Waals surface area (Å²) in [5, 5.41) is 0.928. The van der Waals surface area contributed by atoms with Crippen LogP contribution in [0.5, 0.6) is 5.75 Å². The Bertz CT molecular complexity index is 874. The Labute approximate surface area is 155 Å². The van der Waals surface area contributed by atoms with E-state index in [2.05, 4.69) is 11.1 Å². The van der Waals surface area contributed by atoms with Crippen LogP contribution in [0, 0.1) is 0 Å². The maximum atomic E-state index is 13.0. The topological polar surface area (TPSA) is 42.4 Å². The van der Waals surface area contributed by atoms with Gasteiger partial charge in [-0.3, -0.25) is 4.79 Å². The van der Waals surface area contributed by atoms with E-state index in [4.69, 9.17) is 4.74 Å². The lowest BCUT2D eigenvalue weighted by Crippen LogP contribution is -2.30. The van der Waals surface area contributed by atoms with Crippen molar-refractivity contribution in [3.05, 3.63) is 53.0 Å². The Morgan fingerprint density at radius 3 is 2.72 bits per heavy atom. The Kier molecular flexibility index (Phi) is 5.30. The summed E-state index contributed by atoms with van der Waals surface area (Å²) in [7, 11) is 3.40. The van der Waals surface area contributed by atoms with E-state index in [1.165, 1.54) is 0 Å². The molecule has 0 aliphatic rings. The Balaban J connectivity index is 1.88. The zero-order valence-electron chi connectivity index (χ0n) is 14.6. The van der Waals surface area contributed by atoms with Gasteiger partial charge in [-0.2, -0.15) is 0 Å². The van der Waals surface area contributed by atoms with E-state index in [0.717, 1.165) is 20.1 Å². The number of carbonyl (C=O) groups excluding carboxylic acids is 1. The van der Waals surface area contributed by atoms with Crippen molar-refractivity contribution in [1.82, 2.24) is 9.88 Å². The molecule has 0 saturated carbocycles. The molecular weight excluding hydrogens is 352 g/mol. The van der Waals surface area contributed by atoms with Crippen LogP contribution in [0.1, 0.15) is 28.3 Å². The minimum absolute atomic E-state index is 0.0729. The van der Waals surface area contributed by atoms with Gasteiger partial charge in [0.25, 0.3) is 5.91 Å². The fourth-order valence-corrected chi connectivity index (χ4v) is 4.07. The molecule has 0 bridgehead atoms. The first-order valence-electron chi connectivity index (χ1n) is 7.89. The van der Waals surface area contributed by atoms with Crippen molar-refractivity contribution in [2.75, 3.05) is 20.4 Å².